The lowest BCUT2D eigenvalue weighted by Gasteiger charge is -2.21. The summed E-state index contributed by atoms with van der Waals surface area (Å²) in [6.45, 7) is 1.53. The van der Waals surface area contributed by atoms with E-state index in [1.165, 1.54) is 18.3 Å². The van der Waals surface area contributed by atoms with E-state index in [0.29, 0.717) is 18.8 Å². The van der Waals surface area contributed by atoms with E-state index in [2.05, 4.69) is 19.9 Å². The molecule has 0 aromatic carbocycles. The van der Waals surface area contributed by atoms with Crippen molar-refractivity contribution in [3.63, 3.8) is 0 Å². The Morgan fingerprint density at radius 3 is 2.87 bits per heavy atom. The van der Waals surface area contributed by atoms with Crippen molar-refractivity contribution in [2.24, 2.45) is 0 Å². The lowest BCUT2D eigenvalue weighted by atomic mass is 10.4. The van der Waals surface area contributed by atoms with Crippen molar-refractivity contribution in [1.82, 2.24) is 14.8 Å². The summed E-state index contributed by atoms with van der Waals surface area (Å²) in [6, 6.07) is 2.49. The Hall–Kier alpha value is -2.03. The third kappa shape index (κ3) is 5.93. The number of ether oxygens (including phenoxy) is 1. The van der Waals surface area contributed by atoms with Gasteiger partial charge in [0.2, 0.25) is 5.88 Å². The first-order valence-electron chi connectivity index (χ1n) is 7.23. The van der Waals surface area contributed by atoms with E-state index < -0.39 is 12.8 Å². The van der Waals surface area contributed by atoms with E-state index in [1.807, 2.05) is 7.05 Å². The van der Waals surface area contributed by atoms with Gasteiger partial charge in [-0.05, 0) is 26.1 Å². The number of hydrogen-bond donors (Lipinski definition) is 1. The molecule has 1 saturated heterocycles. The summed E-state index contributed by atoms with van der Waals surface area (Å²) < 4.78 is 41.0. The van der Waals surface area contributed by atoms with Crippen LogP contribution in [0.3, 0.4) is 0 Å². The second kappa shape index (κ2) is 7.49. The van der Waals surface area contributed by atoms with E-state index in [4.69, 9.17) is 0 Å². The molecule has 9 heteroatoms. The van der Waals surface area contributed by atoms with Crippen LogP contribution in [0.2, 0.25) is 0 Å². The molecule has 23 heavy (non-hydrogen) atoms. The predicted molar refractivity (Wildman–Crippen MR) is 78.5 cm³/mol. The molecule has 0 saturated carbocycles. The van der Waals surface area contributed by atoms with Gasteiger partial charge in [-0.25, -0.2) is 9.78 Å². The van der Waals surface area contributed by atoms with Crippen molar-refractivity contribution in [2.75, 3.05) is 45.2 Å². The van der Waals surface area contributed by atoms with Crippen molar-refractivity contribution in [2.45, 2.75) is 12.6 Å². The van der Waals surface area contributed by atoms with Crippen molar-refractivity contribution in [1.29, 1.82) is 0 Å². The standard InChI is InChI=1S/C14H19F3N4O2/c1-20-5-2-6-21(8-7-20)13(22)19-11-3-4-18-12(9-11)23-10-14(15,16)17/h3-4,9H,2,5-8,10H2,1H3,(H,18,19,22). The summed E-state index contributed by atoms with van der Waals surface area (Å²) in [5, 5.41) is 2.66. The van der Waals surface area contributed by atoms with Crippen LogP contribution in [0, 0.1) is 0 Å². The molecule has 0 unspecified atom stereocenters. The predicted octanol–water partition coefficient (Wildman–Crippen LogP) is 2.19. The number of anilines is 1. The first-order valence-corrected chi connectivity index (χ1v) is 7.23. The Kier molecular flexibility index (Phi) is 5.64. The fraction of sp³-hybridized carbons (Fsp3) is 0.571. The topological polar surface area (TPSA) is 57.7 Å². The van der Waals surface area contributed by atoms with Gasteiger partial charge in [0.1, 0.15) is 0 Å². The molecule has 0 atom stereocenters. The van der Waals surface area contributed by atoms with Crippen LogP contribution in [0.5, 0.6) is 5.88 Å². The first-order chi connectivity index (χ1) is 10.8. The van der Waals surface area contributed by atoms with Gasteiger partial charge in [0.25, 0.3) is 0 Å². The third-order valence-electron chi connectivity index (χ3n) is 3.38. The molecule has 0 bridgehead atoms. The number of alkyl halides is 3. The van der Waals surface area contributed by atoms with Crippen LogP contribution in [0.4, 0.5) is 23.7 Å². The molecule has 0 radical (unpaired) electrons. The van der Waals surface area contributed by atoms with Crippen molar-refractivity contribution in [3.8, 4) is 5.88 Å². The van der Waals surface area contributed by atoms with Crippen LogP contribution in [0.1, 0.15) is 6.42 Å². The Labute approximate surface area is 132 Å². The SMILES string of the molecule is CN1CCCN(C(=O)Nc2ccnc(OCC(F)(F)F)c2)CC1. The number of halogens is 3. The molecule has 2 amide bonds. The molecule has 128 valence electrons. The number of aromatic nitrogens is 1. The monoisotopic (exact) mass is 332 g/mol. The zero-order valence-corrected chi connectivity index (χ0v) is 12.8. The van der Waals surface area contributed by atoms with E-state index in [-0.39, 0.29) is 11.9 Å². The number of pyridine rings is 1. The Morgan fingerprint density at radius 2 is 2.13 bits per heavy atom. The maximum absolute atomic E-state index is 12.2. The van der Waals surface area contributed by atoms with Gasteiger partial charge in [-0.2, -0.15) is 13.2 Å². The smallest absolute Gasteiger partial charge is 0.422 e. The van der Waals surface area contributed by atoms with Crippen LogP contribution in [0.25, 0.3) is 0 Å². The molecule has 0 aliphatic carbocycles. The maximum atomic E-state index is 12.2. The van der Waals surface area contributed by atoms with Gasteiger partial charge in [0.15, 0.2) is 6.61 Å². The molecule has 2 heterocycles. The summed E-state index contributed by atoms with van der Waals surface area (Å²) in [7, 11) is 1.99. The molecule has 1 aromatic rings. The normalized spacial score (nSPS) is 16.8. The average Bonchev–Trinajstić information content (AvgIpc) is 2.70. The number of nitrogens with zero attached hydrogens (tertiary/aromatic N) is 3. The van der Waals surface area contributed by atoms with Gasteiger partial charge in [-0.1, -0.05) is 0 Å². The molecule has 1 aliphatic heterocycles. The molecule has 6 nitrogen and oxygen atoms in total. The molecule has 1 N–H and O–H groups in total. The Bertz CT molecular complexity index is 539. The van der Waals surface area contributed by atoms with Crippen LogP contribution in [0.15, 0.2) is 18.3 Å². The van der Waals surface area contributed by atoms with E-state index in [1.54, 1.807) is 4.90 Å². The first kappa shape index (κ1) is 17.3. The van der Waals surface area contributed by atoms with E-state index >= 15 is 0 Å². The number of amides is 2. The van der Waals surface area contributed by atoms with E-state index in [9.17, 15) is 18.0 Å². The van der Waals surface area contributed by atoms with Crippen LogP contribution >= 0.6 is 0 Å². The van der Waals surface area contributed by atoms with Gasteiger partial charge in [0, 0.05) is 37.6 Å². The number of carbonyl (C=O) groups excluding carboxylic acids is 1. The lowest BCUT2D eigenvalue weighted by molar-refractivity contribution is -0.154. The number of rotatable bonds is 3. The minimum atomic E-state index is -4.43. The highest BCUT2D eigenvalue weighted by molar-refractivity contribution is 5.89. The quantitative estimate of drug-likeness (QED) is 0.922. The summed E-state index contributed by atoms with van der Waals surface area (Å²) in [6.07, 6.45) is -2.27. The van der Waals surface area contributed by atoms with Gasteiger partial charge in [-0.3, -0.25) is 0 Å². The average molecular weight is 332 g/mol. The van der Waals surface area contributed by atoms with Gasteiger partial charge >= 0.3 is 12.2 Å². The second-order valence-electron chi connectivity index (χ2n) is 5.36. The highest BCUT2D eigenvalue weighted by atomic mass is 19.4. The fourth-order valence-corrected chi connectivity index (χ4v) is 2.17. The summed E-state index contributed by atoms with van der Waals surface area (Å²) in [5.41, 5.74) is 0.347. The van der Waals surface area contributed by atoms with Crippen LogP contribution in [-0.2, 0) is 0 Å². The molecule has 1 aromatic heterocycles. The maximum Gasteiger partial charge on any atom is 0.422 e. The number of hydrogen-bond acceptors (Lipinski definition) is 4. The largest absolute Gasteiger partial charge is 0.468 e. The minimum Gasteiger partial charge on any atom is -0.468 e. The molecule has 2 rings (SSSR count). The number of likely N-dealkylation sites (N-methyl/N-ethyl adjacent to an activating group) is 1. The van der Waals surface area contributed by atoms with Crippen molar-refractivity contribution >= 4 is 11.7 Å². The molecular weight excluding hydrogens is 313 g/mol. The molecule has 0 spiro atoms. The van der Waals surface area contributed by atoms with E-state index in [0.717, 1.165) is 19.5 Å². The Balaban J connectivity index is 1.92. The fourth-order valence-electron chi connectivity index (χ4n) is 2.17. The van der Waals surface area contributed by atoms with Crippen molar-refractivity contribution < 1.29 is 22.7 Å². The summed E-state index contributed by atoms with van der Waals surface area (Å²) >= 11 is 0. The highest BCUT2D eigenvalue weighted by Gasteiger charge is 2.28. The molecule has 1 fully saturated rings. The summed E-state index contributed by atoms with van der Waals surface area (Å²) in [4.78, 5) is 19.7. The second-order valence-corrected chi connectivity index (χ2v) is 5.36. The molecular formula is C14H19F3N4O2. The van der Waals surface area contributed by atoms with Crippen LogP contribution in [-0.4, -0.2) is 66.8 Å². The zero-order chi connectivity index (χ0) is 16.9. The number of nitrogens with one attached hydrogen (secondary N) is 1. The lowest BCUT2D eigenvalue weighted by Crippen LogP contribution is -2.37. The van der Waals surface area contributed by atoms with Gasteiger partial charge in [-0.15, -0.1) is 0 Å². The van der Waals surface area contributed by atoms with Crippen molar-refractivity contribution in [3.05, 3.63) is 18.3 Å². The third-order valence-corrected chi connectivity index (χ3v) is 3.38. The minimum absolute atomic E-state index is 0.185. The van der Waals surface area contributed by atoms with Crippen LogP contribution < -0.4 is 10.1 Å². The van der Waals surface area contributed by atoms with Gasteiger partial charge < -0.3 is 19.9 Å². The van der Waals surface area contributed by atoms with Gasteiger partial charge in [0.05, 0.1) is 0 Å². The number of urea groups is 1. The number of carbonyl (C=O) groups is 1. The zero-order valence-electron chi connectivity index (χ0n) is 12.8. The Morgan fingerprint density at radius 1 is 1.35 bits per heavy atom. The summed E-state index contributed by atoms with van der Waals surface area (Å²) in [5.74, 6) is -0.185. The molecule has 1 aliphatic rings. The highest BCUT2D eigenvalue weighted by Crippen LogP contribution is 2.19.